The molecule has 1 aliphatic carbocycles. The van der Waals surface area contributed by atoms with Gasteiger partial charge in [0.2, 0.25) is 0 Å². The van der Waals surface area contributed by atoms with Crippen LogP contribution < -0.4 is 10.6 Å². The molecule has 1 aliphatic heterocycles. The zero-order valence-electron chi connectivity index (χ0n) is 10.7. The minimum atomic E-state index is 0.0999. The molecule has 1 unspecified atom stereocenters. The van der Waals surface area contributed by atoms with Crippen LogP contribution in [0.1, 0.15) is 23.2 Å². The van der Waals surface area contributed by atoms with E-state index in [9.17, 15) is 4.79 Å². The van der Waals surface area contributed by atoms with Crippen LogP contribution >= 0.6 is 0 Å². The van der Waals surface area contributed by atoms with E-state index < -0.39 is 0 Å². The Balaban J connectivity index is 1.79. The van der Waals surface area contributed by atoms with Gasteiger partial charge in [0.1, 0.15) is 0 Å². The molecule has 1 fully saturated rings. The molecular formula is C16H16N2O. The first-order valence-electron chi connectivity index (χ1n) is 6.85. The number of carbonyl (C=O) groups excluding carboxylic acids is 1. The summed E-state index contributed by atoms with van der Waals surface area (Å²) in [7, 11) is 0. The molecule has 2 aromatic rings. The van der Waals surface area contributed by atoms with Crippen LogP contribution in [0.4, 0.5) is 5.69 Å². The third-order valence-corrected chi connectivity index (χ3v) is 4.27. The average molecular weight is 252 g/mol. The quantitative estimate of drug-likeness (QED) is 0.912. The first kappa shape index (κ1) is 11.0. The Morgan fingerprint density at radius 2 is 1.95 bits per heavy atom. The fraction of sp³-hybridized carbons (Fsp3) is 0.312. The maximum Gasteiger partial charge on any atom is 0.259 e. The average Bonchev–Trinajstić information content (AvgIpc) is 3.24. The van der Waals surface area contributed by atoms with Crippen molar-refractivity contribution in [2.24, 2.45) is 11.7 Å². The van der Waals surface area contributed by atoms with E-state index in [1.54, 1.807) is 0 Å². The molecule has 1 amide bonds. The fourth-order valence-electron chi connectivity index (χ4n) is 3.04. The van der Waals surface area contributed by atoms with Crippen molar-refractivity contribution in [2.45, 2.75) is 18.9 Å². The van der Waals surface area contributed by atoms with Crippen LogP contribution in [0.15, 0.2) is 36.4 Å². The van der Waals surface area contributed by atoms with E-state index in [1.165, 1.54) is 12.8 Å². The molecule has 3 nitrogen and oxygen atoms in total. The minimum absolute atomic E-state index is 0.0999. The Hall–Kier alpha value is -1.87. The van der Waals surface area contributed by atoms with Gasteiger partial charge in [-0.05, 0) is 36.3 Å². The van der Waals surface area contributed by atoms with Gasteiger partial charge >= 0.3 is 0 Å². The lowest BCUT2D eigenvalue weighted by atomic mass is 10.1. The third-order valence-electron chi connectivity index (χ3n) is 4.27. The Bertz CT molecular complexity index is 670. The van der Waals surface area contributed by atoms with Crippen molar-refractivity contribution in [3.63, 3.8) is 0 Å². The van der Waals surface area contributed by atoms with Crippen molar-refractivity contribution in [1.82, 2.24) is 0 Å². The van der Waals surface area contributed by atoms with Gasteiger partial charge in [0, 0.05) is 23.5 Å². The van der Waals surface area contributed by atoms with Gasteiger partial charge in [-0.25, -0.2) is 0 Å². The fourth-order valence-corrected chi connectivity index (χ4v) is 3.04. The minimum Gasteiger partial charge on any atom is -0.326 e. The predicted octanol–water partition coefficient (Wildman–Crippen LogP) is 2.54. The maximum atomic E-state index is 12.5. The predicted molar refractivity (Wildman–Crippen MR) is 76.3 cm³/mol. The van der Waals surface area contributed by atoms with Crippen LogP contribution in [0.2, 0.25) is 0 Å². The molecular weight excluding hydrogens is 236 g/mol. The van der Waals surface area contributed by atoms with Crippen molar-refractivity contribution in [3.05, 3.63) is 42.0 Å². The summed E-state index contributed by atoms with van der Waals surface area (Å²) in [4.78, 5) is 14.4. The third kappa shape index (κ3) is 1.58. The van der Waals surface area contributed by atoms with E-state index in [0.717, 1.165) is 22.0 Å². The number of hydrogen-bond acceptors (Lipinski definition) is 2. The SMILES string of the molecule is NC(CN1C(=O)c2cccc3cccc1c23)C1CC1. The van der Waals surface area contributed by atoms with Crippen molar-refractivity contribution in [1.29, 1.82) is 0 Å². The van der Waals surface area contributed by atoms with Gasteiger partial charge in [-0.15, -0.1) is 0 Å². The summed E-state index contributed by atoms with van der Waals surface area (Å²) < 4.78 is 0. The van der Waals surface area contributed by atoms with Crippen LogP contribution in [0.25, 0.3) is 10.8 Å². The van der Waals surface area contributed by atoms with Crippen LogP contribution in [-0.4, -0.2) is 18.5 Å². The van der Waals surface area contributed by atoms with E-state index in [-0.39, 0.29) is 11.9 Å². The summed E-state index contributed by atoms with van der Waals surface area (Å²) in [5.41, 5.74) is 8.03. The number of hydrogen-bond donors (Lipinski definition) is 1. The largest absolute Gasteiger partial charge is 0.326 e. The number of nitrogens with two attached hydrogens (primary N) is 1. The lowest BCUT2D eigenvalue weighted by Crippen LogP contribution is -2.40. The second-order valence-electron chi connectivity index (χ2n) is 5.60. The summed E-state index contributed by atoms with van der Waals surface area (Å²) in [6.07, 6.45) is 2.42. The topological polar surface area (TPSA) is 46.3 Å². The van der Waals surface area contributed by atoms with Crippen molar-refractivity contribution in [3.8, 4) is 0 Å². The van der Waals surface area contributed by atoms with Crippen LogP contribution in [0.3, 0.4) is 0 Å². The lowest BCUT2D eigenvalue weighted by molar-refractivity contribution is 0.0991. The molecule has 19 heavy (non-hydrogen) atoms. The van der Waals surface area contributed by atoms with Crippen molar-refractivity contribution < 1.29 is 4.79 Å². The first-order chi connectivity index (χ1) is 9.25. The Kier molecular flexibility index (Phi) is 2.21. The molecule has 0 spiro atoms. The maximum absolute atomic E-state index is 12.5. The van der Waals surface area contributed by atoms with Gasteiger partial charge < -0.3 is 10.6 Å². The van der Waals surface area contributed by atoms with Gasteiger partial charge in [0.15, 0.2) is 0 Å². The summed E-state index contributed by atoms with van der Waals surface area (Å²) >= 11 is 0. The molecule has 2 N–H and O–H groups in total. The van der Waals surface area contributed by atoms with Gasteiger partial charge in [-0.2, -0.15) is 0 Å². The standard InChI is InChI=1S/C16H16N2O/c17-13(10-7-8-10)9-18-14-6-2-4-11-3-1-5-12(15(11)14)16(18)19/h1-6,10,13H,7-9,17H2. The molecule has 2 aliphatic rings. The molecule has 2 aromatic carbocycles. The molecule has 96 valence electrons. The first-order valence-corrected chi connectivity index (χ1v) is 6.85. The van der Waals surface area contributed by atoms with E-state index >= 15 is 0 Å². The van der Waals surface area contributed by atoms with Gasteiger partial charge in [0.05, 0.1) is 5.69 Å². The highest BCUT2D eigenvalue weighted by molar-refractivity contribution is 6.25. The highest BCUT2D eigenvalue weighted by atomic mass is 16.2. The van der Waals surface area contributed by atoms with Crippen molar-refractivity contribution in [2.75, 3.05) is 11.4 Å². The van der Waals surface area contributed by atoms with E-state index in [2.05, 4.69) is 12.1 Å². The molecule has 1 saturated carbocycles. The van der Waals surface area contributed by atoms with E-state index in [4.69, 9.17) is 5.73 Å². The van der Waals surface area contributed by atoms with E-state index in [0.29, 0.717) is 12.5 Å². The summed E-state index contributed by atoms with van der Waals surface area (Å²) in [6.45, 7) is 0.636. The molecule has 0 bridgehead atoms. The number of nitrogens with zero attached hydrogens (tertiary/aromatic N) is 1. The molecule has 0 saturated heterocycles. The Labute approximate surface area is 112 Å². The van der Waals surface area contributed by atoms with Crippen LogP contribution in [-0.2, 0) is 0 Å². The van der Waals surface area contributed by atoms with Crippen LogP contribution in [0.5, 0.6) is 0 Å². The van der Waals surface area contributed by atoms with Gasteiger partial charge in [-0.3, -0.25) is 4.79 Å². The number of anilines is 1. The normalized spacial score (nSPS) is 19.2. The molecule has 1 heterocycles. The second-order valence-corrected chi connectivity index (χ2v) is 5.60. The number of benzene rings is 2. The number of amides is 1. The zero-order valence-corrected chi connectivity index (χ0v) is 10.7. The molecule has 1 atom stereocenters. The highest BCUT2D eigenvalue weighted by Gasteiger charge is 2.35. The number of carbonyl (C=O) groups is 1. The molecule has 4 rings (SSSR count). The summed E-state index contributed by atoms with van der Waals surface area (Å²) in [6, 6.07) is 12.1. The monoisotopic (exact) mass is 252 g/mol. The molecule has 0 radical (unpaired) electrons. The van der Waals surface area contributed by atoms with Gasteiger partial charge in [0.25, 0.3) is 5.91 Å². The van der Waals surface area contributed by atoms with Gasteiger partial charge in [-0.1, -0.05) is 24.3 Å². The summed E-state index contributed by atoms with van der Waals surface area (Å²) in [5, 5.41) is 2.21. The molecule has 3 heteroatoms. The van der Waals surface area contributed by atoms with Crippen molar-refractivity contribution >= 4 is 22.4 Å². The van der Waals surface area contributed by atoms with E-state index in [1.807, 2.05) is 29.2 Å². The second kappa shape index (κ2) is 3.81. The zero-order chi connectivity index (χ0) is 13.0. The van der Waals surface area contributed by atoms with Crippen LogP contribution in [0, 0.1) is 5.92 Å². The highest BCUT2D eigenvalue weighted by Crippen LogP contribution is 2.39. The smallest absolute Gasteiger partial charge is 0.259 e. The summed E-state index contributed by atoms with van der Waals surface area (Å²) in [5.74, 6) is 0.707. The Morgan fingerprint density at radius 3 is 2.68 bits per heavy atom. The Morgan fingerprint density at radius 1 is 1.21 bits per heavy atom. The lowest BCUT2D eigenvalue weighted by Gasteiger charge is -2.21. The number of rotatable bonds is 3. The molecule has 0 aromatic heterocycles.